The van der Waals surface area contributed by atoms with Gasteiger partial charge < -0.3 is 15.8 Å². The van der Waals surface area contributed by atoms with Gasteiger partial charge in [0, 0.05) is 19.6 Å². The third kappa shape index (κ3) is 7.65. The van der Waals surface area contributed by atoms with Gasteiger partial charge in [-0.1, -0.05) is 13.8 Å². The number of carbonyl (C=O) groups is 1. The van der Waals surface area contributed by atoms with Gasteiger partial charge in [-0.3, -0.25) is 4.79 Å². The molecule has 3 N–H and O–H groups in total. The molecule has 4 nitrogen and oxygen atoms in total. The molecular weight excluding hydrogens is 204 g/mol. The van der Waals surface area contributed by atoms with Crippen molar-refractivity contribution < 1.29 is 9.53 Å². The molecule has 0 aromatic carbocycles. The minimum atomic E-state index is 0.0648. The summed E-state index contributed by atoms with van der Waals surface area (Å²) in [5.41, 5.74) is 5.65. The molecule has 0 radical (unpaired) electrons. The van der Waals surface area contributed by atoms with Gasteiger partial charge in [-0.05, 0) is 31.7 Å². The molecule has 0 aliphatic carbocycles. The lowest BCUT2D eigenvalue weighted by molar-refractivity contribution is -0.123. The molecular formula is C12H26N2O2. The second-order valence-electron chi connectivity index (χ2n) is 4.86. The van der Waals surface area contributed by atoms with Crippen LogP contribution in [0.4, 0.5) is 0 Å². The van der Waals surface area contributed by atoms with E-state index >= 15 is 0 Å². The highest BCUT2D eigenvalue weighted by Crippen LogP contribution is 2.14. The maximum Gasteiger partial charge on any atom is 0.220 e. The Bertz CT molecular complexity index is 195. The molecule has 96 valence electrons. The van der Waals surface area contributed by atoms with Crippen molar-refractivity contribution in [2.75, 3.05) is 20.3 Å². The monoisotopic (exact) mass is 230 g/mol. The fraction of sp³-hybridized carbons (Fsp3) is 0.917. The first-order valence-electron chi connectivity index (χ1n) is 5.97. The standard InChI is InChI=1S/C12H26N2O2/c1-9(2)5-11(7-13)6-12(15)14-10(3)8-16-4/h9-11H,5-8,13H2,1-4H3,(H,14,15)/t10?,11-/m0/s1. The lowest BCUT2D eigenvalue weighted by Crippen LogP contribution is -2.37. The topological polar surface area (TPSA) is 64.3 Å². The van der Waals surface area contributed by atoms with E-state index in [0.29, 0.717) is 25.5 Å². The quantitative estimate of drug-likeness (QED) is 0.657. The molecule has 4 heteroatoms. The highest BCUT2D eigenvalue weighted by molar-refractivity contribution is 5.76. The molecule has 1 unspecified atom stereocenters. The van der Waals surface area contributed by atoms with Crippen LogP contribution in [-0.4, -0.2) is 32.2 Å². The van der Waals surface area contributed by atoms with Crippen molar-refractivity contribution in [3.05, 3.63) is 0 Å². The largest absolute Gasteiger partial charge is 0.383 e. The van der Waals surface area contributed by atoms with Crippen LogP contribution in [-0.2, 0) is 9.53 Å². The minimum absolute atomic E-state index is 0.0648. The third-order valence-corrected chi connectivity index (χ3v) is 2.44. The number of hydrogen-bond donors (Lipinski definition) is 2. The number of rotatable bonds is 8. The van der Waals surface area contributed by atoms with E-state index in [1.165, 1.54) is 0 Å². The zero-order valence-corrected chi connectivity index (χ0v) is 11.0. The van der Waals surface area contributed by atoms with Gasteiger partial charge in [-0.15, -0.1) is 0 Å². The maximum atomic E-state index is 11.7. The van der Waals surface area contributed by atoms with E-state index in [4.69, 9.17) is 10.5 Å². The summed E-state index contributed by atoms with van der Waals surface area (Å²) < 4.78 is 4.96. The number of amides is 1. The predicted octanol–water partition coefficient (Wildman–Crippen LogP) is 1.15. The van der Waals surface area contributed by atoms with E-state index in [1.807, 2.05) is 6.92 Å². The Morgan fingerprint density at radius 2 is 2.00 bits per heavy atom. The zero-order valence-electron chi connectivity index (χ0n) is 11.0. The fourth-order valence-electron chi connectivity index (χ4n) is 1.82. The number of ether oxygens (including phenoxy) is 1. The van der Waals surface area contributed by atoms with Crippen LogP contribution in [0.2, 0.25) is 0 Å². The van der Waals surface area contributed by atoms with Crippen LogP contribution in [0, 0.1) is 11.8 Å². The molecule has 0 heterocycles. The number of hydrogen-bond acceptors (Lipinski definition) is 3. The van der Waals surface area contributed by atoms with Gasteiger partial charge in [0.2, 0.25) is 5.91 Å². The maximum absolute atomic E-state index is 11.7. The Kier molecular flexibility index (Phi) is 8.21. The second kappa shape index (κ2) is 8.53. The molecule has 0 spiro atoms. The molecule has 0 aliphatic rings. The van der Waals surface area contributed by atoms with Crippen molar-refractivity contribution in [1.82, 2.24) is 5.32 Å². The van der Waals surface area contributed by atoms with Crippen molar-refractivity contribution in [2.24, 2.45) is 17.6 Å². The van der Waals surface area contributed by atoms with Gasteiger partial charge in [-0.25, -0.2) is 0 Å². The molecule has 0 aromatic rings. The van der Waals surface area contributed by atoms with Crippen molar-refractivity contribution in [3.63, 3.8) is 0 Å². The molecule has 0 aromatic heterocycles. The molecule has 0 saturated heterocycles. The van der Waals surface area contributed by atoms with E-state index < -0.39 is 0 Å². The van der Waals surface area contributed by atoms with E-state index in [9.17, 15) is 4.79 Å². The zero-order chi connectivity index (χ0) is 12.6. The first-order chi connectivity index (χ1) is 7.49. The van der Waals surface area contributed by atoms with Gasteiger partial charge in [0.05, 0.1) is 6.61 Å². The molecule has 16 heavy (non-hydrogen) atoms. The van der Waals surface area contributed by atoms with Crippen molar-refractivity contribution in [1.29, 1.82) is 0 Å². The Morgan fingerprint density at radius 1 is 1.38 bits per heavy atom. The third-order valence-electron chi connectivity index (χ3n) is 2.44. The molecule has 2 atom stereocenters. The molecule has 1 amide bonds. The summed E-state index contributed by atoms with van der Waals surface area (Å²) >= 11 is 0. The minimum Gasteiger partial charge on any atom is -0.383 e. The summed E-state index contributed by atoms with van der Waals surface area (Å²) in [6.45, 7) is 7.34. The Labute approximate surface area is 98.9 Å². The normalized spacial score (nSPS) is 14.9. The van der Waals surface area contributed by atoms with Crippen LogP contribution in [0.15, 0.2) is 0 Å². The van der Waals surface area contributed by atoms with E-state index in [0.717, 1.165) is 6.42 Å². The predicted molar refractivity (Wildman–Crippen MR) is 66.1 cm³/mol. The van der Waals surface area contributed by atoms with Crippen molar-refractivity contribution in [2.45, 2.75) is 39.7 Å². The lowest BCUT2D eigenvalue weighted by atomic mass is 9.94. The highest BCUT2D eigenvalue weighted by atomic mass is 16.5. The van der Waals surface area contributed by atoms with Gasteiger partial charge in [0.1, 0.15) is 0 Å². The van der Waals surface area contributed by atoms with E-state index in [1.54, 1.807) is 7.11 Å². The summed E-state index contributed by atoms with van der Waals surface area (Å²) in [7, 11) is 1.63. The van der Waals surface area contributed by atoms with Crippen molar-refractivity contribution >= 4 is 5.91 Å². The first kappa shape index (κ1) is 15.4. The number of carbonyl (C=O) groups excluding carboxylic acids is 1. The van der Waals surface area contributed by atoms with E-state index in [-0.39, 0.29) is 17.9 Å². The average Bonchev–Trinajstić information content (AvgIpc) is 2.15. The summed E-state index contributed by atoms with van der Waals surface area (Å²) in [6, 6.07) is 0.0648. The molecule has 0 bridgehead atoms. The Balaban J connectivity index is 3.91. The van der Waals surface area contributed by atoms with Crippen LogP contribution in [0.1, 0.15) is 33.6 Å². The van der Waals surface area contributed by atoms with Crippen LogP contribution < -0.4 is 11.1 Å². The fourth-order valence-corrected chi connectivity index (χ4v) is 1.82. The lowest BCUT2D eigenvalue weighted by Gasteiger charge is -2.18. The SMILES string of the molecule is COCC(C)NC(=O)C[C@@H](CN)CC(C)C. The number of nitrogens with one attached hydrogen (secondary N) is 1. The molecule has 0 saturated carbocycles. The van der Waals surface area contributed by atoms with E-state index in [2.05, 4.69) is 19.2 Å². The van der Waals surface area contributed by atoms with Gasteiger partial charge in [-0.2, -0.15) is 0 Å². The Hall–Kier alpha value is -0.610. The Morgan fingerprint density at radius 3 is 2.44 bits per heavy atom. The second-order valence-corrected chi connectivity index (χ2v) is 4.86. The summed E-state index contributed by atoms with van der Waals surface area (Å²) in [4.78, 5) is 11.7. The summed E-state index contributed by atoms with van der Waals surface area (Å²) in [5, 5.41) is 2.90. The summed E-state index contributed by atoms with van der Waals surface area (Å²) in [5.74, 6) is 0.938. The number of methoxy groups -OCH3 is 1. The molecule has 0 rings (SSSR count). The average molecular weight is 230 g/mol. The highest BCUT2D eigenvalue weighted by Gasteiger charge is 2.15. The molecule has 0 fully saturated rings. The van der Waals surface area contributed by atoms with Crippen molar-refractivity contribution in [3.8, 4) is 0 Å². The number of nitrogens with two attached hydrogens (primary N) is 1. The van der Waals surface area contributed by atoms with Crippen LogP contribution in [0.25, 0.3) is 0 Å². The smallest absolute Gasteiger partial charge is 0.220 e. The van der Waals surface area contributed by atoms with Gasteiger partial charge in [0.25, 0.3) is 0 Å². The van der Waals surface area contributed by atoms with Gasteiger partial charge in [0.15, 0.2) is 0 Å². The van der Waals surface area contributed by atoms with Crippen LogP contribution in [0.5, 0.6) is 0 Å². The van der Waals surface area contributed by atoms with Gasteiger partial charge >= 0.3 is 0 Å². The van der Waals surface area contributed by atoms with Crippen LogP contribution in [0.3, 0.4) is 0 Å². The van der Waals surface area contributed by atoms with Crippen LogP contribution >= 0.6 is 0 Å². The molecule has 0 aliphatic heterocycles. The summed E-state index contributed by atoms with van der Waals surface area (Å²) in [6.07, 6.45) is 1.52. The first-order valence-corrected chi connectivity index (χ1v) is 5.97.